The van der Waals surface area contributed by atoms with Crippen molar-refractivity contribution in [1.82, 2.24) is 4.90 Å². The molecule has 1 N–H and O–H groups in total. The summed E-state index contributed by atoms with van der Waals surface area (Å²) in [5.41, 5.74) is 0. The highest BCUT2D eigenvalue weighted by atomic mass is 16.4. The van der Waals surface area contributed by atoms with Crippen LogP contribution in [-0.4, -0.2) is 35.0 Å². The van der Waals surface area contributed by atoms with Crippen molar-refractivity contribution in [2.45, 2.75) is 25.8 Å². The van der Waals surface area contributed by atoms with E-state index in [9.17, 15) is 9.59 Å². The van der Waals surface area contributed by atoms with Gasteiger partial charge in [-0.25, -0.2) is 4.79 Å². The minimum Gasteiger partial charge on any atom is -0.480 e. The van der Waals surface area contributed by atoms with Gasteiger partial charge in [0.15, 0.2) is 0 Å². The lowest BCUT2D eigenvalue weighted by Crippen LogP contribution is -2.38. The van der Waals surface area contributed by atoms with Crippen molar-refractivity contribution in [3.63, 3.8) is 0 Å². The van der Waals surface area contributed by atoms with Crippen molar-refractivity contribution < 1.29 is 14.7 Å². The van der Waals surface area contributed by atoms with Gasteiger partial charge >= 0.3 is 5.97 Å². The summed E-state index contributed by atoms with van der Waals surface area (Å²) in [6, 6.07) is -0.590. The molecule has 0 unspecified atom stereocenters. The van der Waals surface area contributed by atoms with Gasteiger partial charge in [0.2, 0.25) is 6.41 Å². The number of aliphatic carboxylic acids is 1. The standard InChI is InChI=1S/C8H13NO3/c1-2-6-3-4-9(5-10)7(6)8(11)12/h5-7H,2-4H2,1H3,(H,11,12)/t6-,7-/m1/s1. The molecule has 1 fully saturated rings. The first-order valence-electron chi connectivity index (χ1n) is 4.14. The molecule has 1 amide bonds. The Labute approximate surface area is 71.2 Å². The number of carbonyl (C=O) groups excluding carboxylic acids is 1. The zero-order valence-electron chi connectivity index (χ0n) is 7.06. The number of hydrogen-bond acceptors (Lipinski definition) is 2. The van der Waals surface area contributed by atoms with Gasteiger partial charge in [-0.1, -0.05) is 13.3 Å². The zero-order valence-corrected chi connectivity index (χ0v) is 7.06. The third-order valence-corrected chi connectivity index (χ3v) is 2.47. The van der Waals surface area contributed by atoms with Crippen molar-refractivity contribution in [3.05, 3.63) is 0 Å². The van der Waals surface area contributed by atoms with E-state index in [0.717, 1.165) is 12.8 Å². The molecule has 1 saturated heterocycles. The average molecular weight is 171 g/mol. The van der Waals surface area contributed by atoms with Crippen LogP contribution in [0.15, 0.2) is 0 Å². The molecule has 4 heteroatoms. The Kier molecular flexibility index (Phi) is 2.68. The van der Waals surface area contributed by atoms with Crippen LogP contribution in [0.2, 0.25) is 0 Å². The van der Waals surface area contributed by atoms with Crippen molar-refractivity contribution in [2.75, 3.05) is 6.54 Å². The number of carboxylic acid groups (broad SMARTS) is 1. The Morgan fingerprint density at radius 2 is 2.42 bits per heavy atom. The Balaban J connectivity index is 2.71. The monoisotopic (exact) mass is 171 g/mol. The van der Waals surface area contributed by atoms with Crippen LogP contribution in [0.25, 0.3) is 0 Å². The second-order valence-electron chi connectivity index (χ2n) is 3.08. The number of rotatable bonds is 3. The molecule has 0 spiro atoms. The highest BCUT2D eigenvalue weighted by molar-refractivity contribution is 5.77. The van der Waals surface area contributed by atoms with E-state index in [1.165, 1.54) is 4.90 Å². The van der Waals surface area contributed by atoms with Crippen molar-refractivity contribution in [2.24, 2.45) is 5.92 Å². The molecule has 0 aromatic rings. The molecule has 0 aromatic heterocycles. The number of amides is 1. The fourth-order valence-corrected chi connectivity index (χ4v) is 1.77. The largest absolute Gasteiger partial charge is 0.480 e. The van der Waals surface area contributed by atoms with Crippen molar-refractivity contribution in [1.29, 1.82) is 0 Å². The molecular weight excluding hydrogens is 158 g/mol. The van der Waals surface area contributed by atoms with E-state index in [-0.39, 0.29) is 5.92 Å². The van der Waals surface area contributed by atoms with Crippen LogP contribution >= 0.6 is 0 Å². The summed E-state index contributed by atoms with van der Waals surface area (Å²) in [4.78, 5) is 22.6. The predicted octanol–water partition coefficient (Wildman–Crippen LogP) is 0.328. The first-order chi connectivity index (χ1) is 5.70. The second kappa shape index (κ2) is 3.56. The van der Waals surface area contributed by atoms with E-state index in [2.05, 4.69) is 0 Å². The average Bonchev–Trinajstić information content (AvgIpc) is 2.46. The molecule has 4 nitrogen and oxygen atoms in total. The maximum absolute atomic E-state index is 10.7. The van der Waals surface area contributed by atoms with E-state index >= 15 is 0 Å². The van der Waals surface area contributed by atoms with Gasteiger partial charge in [-0.3, -0.25) is 4.79 Å². The molecule has 1 aliphatic rings. The van der Waals surface area contributed by atoms with Gasteiger partial charge in [0.05, 0.1) is 0 Å². The Morgan fingerprint density at radius 1 is 1.75 bits per heavy atom. The predicted molar refractivity (Wildman–Crippen MR) is 42.6 cm³/mol. The SMILES string of the molecule is CC[C@@H]1CCN(C=O)[C@H]1C(=O)O. The summed E-state index contributed by atoms with van der Waals surface area (Å²) >= 11 is 0. The van der Waals surface area contributed by atoms with E-state index in [1.54, 1.807) is 0 Å². The van der Waals surface area contributed by atoms with E-state index < -0.39 is 12.0 Å². The molecule has 0 bridgehead atoms. The quantitative estimate of drug-likeness (QED) is 0.622. The summed E-state index contributed by atoms with van der Waals surface area (Å²) in [5.74, 6) is -0.751. The third kappa shape index (κ3) is 1.42. The summed E-state index contributed by atoms with van der Waals surface area (Å²) in [6.07, 6.45) is 2.27. The molecular formula is C8H13NO3. The first kappa shape index (κ1) is 9.03. The topological polar surface area (TPSA) is 57.6 Å². The summed E-state index contributed by atoms with van der Waals surface area (Å²) < 4.78 is 0. The molecule has 1 rings (SSSR count). The third-order valence-electron chi connectivity index (χ3n) is 2.47. The molecule has 1 aliphatic heterocycles. The lowest BCUT2D eigenvalue weighted by atomic mass is 9.98. The highest BCUT2D eigenvalue weighted by Gasteiger charge is 2.37. The second-order valence-corrected chi connectivity index (χ2v) is 3.08. The Hall–Kier alpha value is -1.06. The van der Waals surface area contributed by atoms with Crippen LogP contribution < -0.4 is 0 Å². The van der Waals surface area contributed by atoms with E-state index in [1.807, 2.05) is 6.92 Å². The Morgan fingerprint density at radius 3 is 2.83 bits per heavy atom. The number of carboxylic acids is 1. The van der Waals surface area contributed by atoms with Crippen LogP contribution in [0, 0.1) is 5.92 Å². The normalized spacial score (nSPS) is 28.9. The van der Waals surface area contributed by atoms with Gasteiger partial charge in [0, 0.05) is 6.54 Å². The van der Waals surface area contributed by atoms with Gasteiger partial charge in [-0.2, -0.15) is 0 Å². The van der Waals surface area contributed by atoms with Gasteiger partial charge in [0.1, 0.15) is 6.04 Å². The smallest absolute Gasteiger partial charge is 0.326 e. The molecule has 68 valence electrons. The van der Waals surface area contributed by atoms with Gasteiger partial charge in [-0.15, -0.1) is 0 Å². The van der Waals surface area contributed by atoms with Gasteiger partial charge in [-0.05, 0) is 12.3 Å². The van der Waals surface area contributed by atoms with Crippen LogP contribution in [0.1, 0.15) is 19.8 Å². The number of hydrogen-bond donors (Lipinski definition) is 1. The maximum Gasteiger partial charge on any atom is 0.326 e. The fourth-order valence-electron chi connectivity index (χ4n) is 1.77. The molecule has 0 radical (unpaired) electrons. The van der Waals surface area contributed by atoms with Crippen molar-refractivity contribution >= 4 is 12.4 Å². The number of likely N-dealkylation sites (tertiary alicyclic amines) is 1. The first-order valence-corrected chi connectivity index (χ1v) is 4.14. The summed E-state index contributed by atoms with van der Waals surface area (Å²) in [6.45, 7) is 2.54. The zero-order chi connectivity index (χ0) is 9.14. The van der Waals surface area contributed by atoms with Crippen LogP contribution in [0.4, 0.5) is 0 Å². The minimum absolute atomic E-state index is 0.132. The molecule has 12 heavy (non-hydrogen) atoms. The molecule has 2 atom stereocenters. The highest BCUT2D eigenvalue weighted by Crippen LogP contribution is 2.25. The number of carbonyl (C=O) groups is 2. The molecule has 1 heterocycles. The van der Waals surface area contributed by atoms with Crippen LogP contribution in [-0.2, 0) is 9.59 Å². The molecule has 0 aliphatic carbocycles. The van der Waals surface area contributed by atoms with E-state index in [4.69, 9.17) is 5.11 Å². The van der Waals surface area contributed by atoms with Crippen LogP contribution in [0.5, 0.6) is 0 Å². The summed E-state index contributed by atoms with van der Waals surface area (Å²) in [7, 11) is 0. The Bertz CT molecular complexity index is 193. The summed E-state index contributed by atoms with van der Waals surface area (Å²) in [5, 5.41) is 8.82. The lowest BCUT2D eigenvalue weighted by Gasteiger charge is -2.19. The van der Waals surface area contributed by atoms with Crippen molar-refractivity contribution in [3.8, 4) is 0 Å². The van der Waals surface area contributed by atoms with Gasteiger partial charge in [0.25, 0.3) is 0 Å². The fraction of sp³-hybridized carbons (Fsp3) is 0.750. The van der Waals surface area contributed by atoms with Gasteiger partial charge < -0.3 is 10.0 Å². The number of nitrogens with zero attached hydrogens (tertiary/aromatic N) is 1. The lowest BCUT2D eigenvalue weighted by molar-refractivity contribution is -0.146. The van der Waals surface area contributed by atoms with E-state index in [0.29, 0.717) is 13.0 Å². The molecule has 0 aromatic carbocycles. The minimum atomic E-state index is -0.883. The molecule has 0 saturated carbocycles. The van der Waals surface area contributed by atoms with Crippen LogP contribution in [0.3, 0.4) is 0 Å². The maximum atomic E-state index is 10.7.